The molecule has 7 heterocycles. The lowest BCUT2D eigenvalue weighted by atomic mass is 9.84. The number of hydrogen-bond acceptors (Lipinski definition) is 12. The van der Waals surface area contributed by atoms with Gasteiger partial charge >= 0.3 is 12.0 Å². The molecule has 68 heavy (non-hydrogen) atoms. The maximum absolute atomic E-state index is 14.7. The predicted octanol–water partition coefficient (Wildman–Crippen LogP) is 5.38. The Morgan fingerprint density at radius 2 is 1.94 bits per heavy atom. The van der Waals surface area contributed by atoms with Gasteiger partial charge in [0.25, 0.3) is 5.91 Å². The van der Waals surface area contributed by atoms with Crippen LogP contribution in [-0.4, -0.2) is 148 Å². The van der Waals surface area contributed by atoms with Crippen molar-refractivity contribution >= 4 is 52.0 Å². The number of aromatic nitrogens is 3. The Hall–Kier alpha value is -5.69. The molecular formula is C50H65N9O8S. The van der Waals surface area contributed by atoms with Crippen LogP contribution in [0.15, 0.2) is 54.6 Å². The summed E-state index contributed by atoms with van der Waals surface area (Å²) in [5.74, 6) is -1.98. The van der Waals surface area contributed by atoms with Gasteiger partial charge in [0.05, 0.1) is 60.1 Å². The van der Waals surface area contributed by atoms with E-state index in [9.17, 15) is 24.0 Å². The van der Waals surface area contributed by atoms with Crippen molar-refractivity contribution in [3.8, 4) is 22.5 Å². The molecule has 6 atom stereocenters. The van der Waals surface area contributed by atoms with Crippen LogP contribution >= 0.6 is 11.3 Å². The van der Waals surface area contributed by atoms with Crippen LogP contribution in [-0.2, 0) is 52.8 Å². The second-order valence-electron chi connectivity index (χ2n) is 19.5. The number of likely N-dealkylation sites (N-methyl/N-ethyl adjacent to an activating group) is 1. The maximum atomic E-state index is 14.7. The van der Waals surface area contributed by atoms with Gasteiger partial charge in [-0.1, -0.05) is 40.3 Å². The normalized spacial score (nSPS) is 22.9. The molecule has 5 amide bonds. The van der Waals surface area contributed by atoms with Gasteiger partial charge in [0.1, 0.15) is 18.1 Å². The summed E-state index contributed by atoms with van der Waals surface area (Å²) in [6.07, 6.45) is 4.05. The number of carbonyl (C=O) groups is 5. The number of morpholine rings is 1. The van der Waals surface area contributed by atoms with Crippen LogP contribution in [0.4, 0.5) is 4.79 Å². The number of urea groups is 1. The maximum Gasteiger partial charge on any atom is 0.324 e. The number of hydrogen-bond donors (Lipinski definition) is 2. The highest BCUT2D eigenvalue weighted by Gasteiger charge is 2.46. The van der Waals surface area contributed by atoms with Crippen molar-refractivity contribution in [2.45, 2.75) is 110 Å². The van der Waals surface area contributed by atoms with E-state index in [0.717, 1.165) is 44.7 Å². The Kier molecular flexibility index (Phi) is 14.4. The molecule has 4 aromatic rings. The number of nitrogens with one attached hydrogen (secondary N) is 2. The van der Waals surface area contributed by atoms with Crippen LogP contribution in [0.3, 0.4) is 0 Å². The molecule has 0 radical (unpaired) electrons. The van der Waals surface area contributed by atoms with Gasteiger partial charge in [-0.2, -0.15) is 0 Å². The van der Waals surface area contributed by atoms with Crippen LogP contribution in [0.1, 0.15) is 76.8 Å². The standard InChI is InChI=1S/C50H65N9O8S/c1-10-42(60)58-20-21-66-40-26-56(25-39(40)58)49(64)55(8)44(29(3)4)46(61)53-36-23-41-52-37(27-68-41)31-16-17-38-33(22-31)34(45(57(38)11-2)32-14-12-18-51-43(32)30(5)65-9)24-50(6,7)28-67-48(63)35-15-13-19-59(54-35)47(36)62/h10,12,14,16-18,22,27,29-30,35-36,39-40,44,54H,1,11,13,15,19-21,23-26,28H2,2-9H3,(H,53,61)/t30-,35-,36-,39+,40-,44-/m0/s1. The first-order valence-electron chi connectivity index (χ1n) is 23.7. The quantitative estimate of drug-likeness (QED) is 0.163. The number of amides is 5. The fraction of sp³-hybridized carbons (Fsp3) is 0.540. The smallest absolute Gasteiger partial charge is 0.324 e. The number of fused-ring (bicyclic) bond motifs is 7. The second kappa shape index (κ2) is 20.1. The third-order valence-electron chi connectivity index (χ3n) is 13.8. The molecule has 8 rings (SSSR count). The molecule has 3 aromatic heterocycles. The highest BCUT2D eigenvalue weighted by atomic mass is 32.1. The number of cyclic esters (lactones) is 1. The Bertz CT molecular complexity index is 2570. The van der Waals surface area contributed by atoms with Gasteiger partial charge < -0.3 is 38.8 Å². The van der Waals surface area contributed by atoms with E-state index in [2.05, 4.69) is 66.9 Å². The molecule has 364 valence electrons. The number of thiazole rings is 1. The summed E-state index contributed by atoms with van der Waals surface area (Å²) in [4.78, 5) is 84.7. The van der Waals surface area contributed by atoms with Crippen molar-refractivity contribution in [3.05, 3.63) is 70.8 Å². The zero-order chi connectivity index (χ0) is 48.6. The van der Waals surface area contributed by atoms with E-state index < -0.39 is 47.4 Å². The van der Waals surface area contributed by atoms with Gasteiger partial charge in [-0.05, 0) is 74.9 Å². The van der Waals surface area contributed by atoms with Crippen molar-refractivity contribution in [3.63, 3.8) is 0 Å². The summed E-state index contributed by atoms with van der Waals surface area (Å²) >= 11 is 1.40. The third kappa shape index (κ3) is 9.65. The number of aryl methyl sites for hydroxylation is 1. The van der Waals surface area contributed by atoms with E-state index in [1.165, 1.54) is 27.3 Å². The number of carbonyl (C=O) groups excluding carboxylic acids is 5. The van der Waals surface area contributed by atoms with E-state index in [1.807, 2.05) is 32.2 Å². The number of methoxy groups -OCH3 is 1. The minimum Gasteiger partial charge on any atom is -0.464 e. The van der Waals surface area contributed by atoms with Gasteiger partial charge in [-0.25, -0.2) is 15.2 Å². The van der Waals surface area contributed by atoms with Gasteiger partial charge in [-0.3, -0.25) is 29.2 Å². The molecule has 18 heteroatoms. The Balaban J connectivity index is 1.14. The molecule has 4 aliphatic heterocycles. The molecule has 3 fully saturated rings. The van der Waals surface area contributed by atoms with E-state index >= 15 is 0 Å². The zero-order valence-corrected chi connectivity index (χ0v) is 41.3. The van der Waals surface area contributed by atoms with Crippen LogP contribution in [0.25, 0.3) is 33.4 Å². The van der Waals surface area contributed by atoms with Gasteiger partial charge in [0.15, 0.2) is 0 Å². The van der Waals surface area contributed by atoms with E-state index in [4.69, 9.17) is 24.2 Å². The summed E-state index contributed by atoms with van der Waals surface area (Å²) < 4.78 is 20.2. The summed E-state index contributed by atoms with van der Waals surface area (Å²) in [6.45, 7) is 18.0. The molecule has 4 aliphatic rings. The molecule has 0 spiro atoms. The Morgan fingerprint density at radius 3 is 2.68 bits per heavy atom. The zero-order valence-electron chi connectivity index (χ0n) is 40.5. The first kappa shape index (κ1) is 48.8. The van der Waals surface area contributed by atoms with Crippen LogP contribution < -0.4 is 10.7 Å². The first-order valence-corrected chi connectivity index (χ1v) is 24.6. The topological polar surface area (TPSA) is 181 Å². The summed E-state index contributed by atoms with van der Waals surface area (Å²) in [5, 5.41) is 8.08. The SMILES string of the molecule is C=CC(=O)N1CCO[C@H]2CN(C(=O)N(C)[C@H](C(=O)N[C@H]3Cc4nc(cs4)-c4ccc5c(c4)c(c(-c4cccnc4[C@H](C)OC)n5CC)CC(C)(C)COC(=O)[C@@H]4CCCN(N4)C3=O)C(C)C)C[C@H]21. The highest BCUT2D eigenvalue weighted by molar-refractivity contribution is 7.10. The summed E-state index contributed by atoms with van der Waals surface area (Å²) in [7, 11) is 3.27. The molecule has 17 nitrogen and oxygen atoms in total. The fourth-order valence-corrected chi connectivity index (χ4v) is 11.2. The lowest BCUT2D eigenvalue weighted by Crippen LogP contribution is -2.62. The molecule has 6 bridgehead atoms. The van der Waals surface area contributed by atoms with Crippen molar-refractivity contribution in [1.82, 2.24) is 45.0 Å². The molecule has 0 aliphatic carbocycles. The van der Waals surface area contributed by atoms with Gasteiger partial charge in [0, 0.05) is 85.8 Å². The number of likely N-dealkylation sites (tertiary alicyclic amines) is 1. The number of pyridine rings is 1. The molecule has 0 saturated carbocycles. The molecule has 1 aromatic carbocycles. The minimum atomic E-state index is -1.11. The van der Waals surface area contributed by atoms with Gasteiger partial charge in [0.2, 0.25) is 11.8 Å². The fourth-order valence-electron chi connectivity index (χ4n) is 10.3. The molecule has 3 saturated heterocycles. The van der Waals surface area contributed by atoms with Crippen molar-refractivity contribution < 1.29 is 38.2 Å². The summed E-state index contributed by atoms with van der Waals surface area (Å²) in [6, 6.07) is 6.80. The highest BCUT2D eigenvalue weighted by Crippen LogP contribution is 2.42. The Morgan fingerprint density at radius 1 is 1.15 bits per heavy atom. The average molecular weight is 952 g/mol. The van der Waals surface area contributed by atoms with Crippen LogP contribution in [0, 0.1) is 11.3 Å². The Labute approximate surface area is 402 Å². The monoisotopic (exact) mass is 951 g/mol. The van der Waals surface area contributed by atoms with Crippen LogP contribution in [0.5, 0.6) is 0 Å². The molecule has 2 N–H and O–H groups in total. The lowest BCUT2D eigenvalue weighted by molar-refractivity contribution is -0.155. The van der Waals surface area contributed by atoms with Gasteiger partial charge in [-0.15, -0.1) is 11.3 Å². The average Bonchev–Trinajstić information content (AvgIpc) is 4.07. The lowest BCUT2D eigenvalue weighted by Gasteiger charge is -2.37. The van der Waals surface area contributed by atoms with Crippen molar-refractivity contribution in [1.29, 1.82) is 0 Å². The number of ether oxygens (including phenoxy) is 3. The second-order valence-corrected chi connectivity index (χ2v) is 20.4. The number of hydrazine groups is 1. The molecule has 0 unspecified atom stereocenters. The van der Waals surface area contributed by atoms with E-state index in [1.54, 1.807) is 30.2 Å². The first-order chi connectivity index (χ1) is 32.5. The third-order valence-corrected chi connectivity index (χ3v) is 14.7. The van der Waals surface area contributed by atoms with Crippen molar-refractivity contribution in [2.75, 3.05) is 53.6 Å². The molecular weight excluding hydrogens is 887 g/mol. The largest absolute Gasteiger partial charge is 0.464 e. The van der Waals surface area contributed by atoms with Crippen molar-refractivity contribution in [2.24, 2.45) is 11.3 Å². The number of rotatable bonds is 9. The van der Waals surface area contributed by atoms with Crippen LogP contribution in [0.2, 0.25) is 0 Å². The summed E-state index contributed by atoms with van der Waals surface area (Å²) in [5.41, 5.74) is 9.22. The minimum absolute atomic E-state index is 0.0600. The number of nitrogens with zero attached hydrogens (tertiary/aromatic N) is 7. The number of benzene rings is 1. The predicted molar refractivity (Wildman–Crippen MR) is 258 cm³/mol. The van der Waals surface area contributed by atoms with E-state index in [0.29, 0.717) is 50.5 Å². The number of esters is 1. The van der Waals surface area contributed by atoms with E-state index in [-0.39, 0.29) is 56.2 Å².